The molecule has 0 saturated carbocycles. The molecule has 11 heavy (non-hydrogen) atoms. The van der Waals surface area contributed by atoms with E-state index >= 15 is 0 Å². The van der Waals surface area contributed by atoms with E-state index in [1.54, 1.807) is 19.2 Å². The van der Waals surface area contributed by atoms with E-state index in [0.717, 1.165) is 10.2 Å². The van der Waals surface area contributed by atoms with Gasteiger partial charge in [0.1, 0.15) is 5.75 Å². The van der Waals surface area contributed by atoms with Crippen molar-refractivity contribution in [3.63, 3.8) is 0 Å². The Kier molecular flexibility index (Phi) is 3.39. The lowest BCUT2D eigenvalue weighted by Crippen LogP contribution is -1.98. The zero-order valence-corrected chi connectivity index (χ0v) is 7.72. The van der Waals surface area contributed by atoms with Crippen LogP contribution in [0.1, 0.15) is 0 Å². The second kappa shape index (κ2) is 4.36. The Hall–Kier alpha value is -0.540. The third-order valence-electron chi connectivity index (χ3n) is 1.11. The number of hydrogen-bond acceptors (Lipinski definition) is 2. The fraction of sp³-hybridized carbons (Fsp3) is 0.250. The van der Waals surface area contributed by atoms with Crippen molar-refractivity contribution < 1.29 is 9.47 Å². The molecular weight excluding hydrogens is 208 g/mol. The maximum absolute atomic E-state index is 5.20. The van der Waals surface area contributed by atoms with E-state index < -0.39 is 0 Å². The molecule has 0 spiro atoms. The van der Waals surface area contributed by atoms with Gasteiger partial charge >= 0.3 is 0 Å². The molecule has 0 atom stereocenters. The molecule has 1 rings (SSSR count). The normalized spacial score (nSPS) is 9.64. The first-order chi connectivity index (χ1) is 5.34. The van der Waals surface area contributed by atoms with Gasteiger partial charge in [0.05, 0.1) is 4.47 Å². The van der Waals surface area contributed by atoms with Crippen LogP contribution in [0.25, 0.3) is 0 Å². The van der Waals surface area contributed by atoms with E-state index in [-0.39, 0.29) is 6.79 Å². The highest BCUT2D eigenvalue weighted by Gasteiger charge is 1.96. The molecule has 0 unspecified atom stereocenters. The largest absolute Gasteiger partial charge is 0.466 e. The van der Waals surface area contributed by atoms with Gasteiger partial charge < -0.3 is 9.47 Å². The molecule has 0 aliphatic rings. The SMILES string of the molecule is COCOc1cc[c]cc1Br. The smallest absolute Gasteiger partial charge is 0.188 e. The minimum absolute atomic E-state index is 0.266. The Morgan fingerprint density at radius 2 is 2.45 bits per heavy atom. The minimum Gasteiger partial charge on any atom is -0.466 e. The molecule has 1 aromatic rings. The van der Waals surface area contributed by atoms with E-state index in [9.17, 15) is 0 Å². The number of benzene rings is 1. The van der Waals surface area contributed by atoms with Gasteiger partial charge in [-0.1, -0.05) is 6.07 Å². The highest BCUT2D eigenvalue weighted by Crippen LogP contribution is 2.23. The highest BCUT2D eigenvalue weighted by atomic mass is 79.9. The summed E-state index contributed by atoms with van der Waals surface area (Å²) in [6.45, 7) is 0.266. The van der Waals surface area contributed by atoms with Crippen LogP contribution in [0.5, 0.6) is 5.75 Å². The van der Waals surface area contributed by atoms with Crippen molar-refractivity contribution in [3.8, 4) is 5.75 Å². The molecule has 0 heterocycles. The number of methoxy groups -OCH3 is 1. The third kappa shape index (κ3) is 2.52. The quantitative estimate of drug-likeness (QED) is 0.721. The maximum Gasteiger partial charge on any atom is 0.188 e. The molecule has 3 heteroatoms. The van der Waals surface area contributed by atoms with Crippen LogP contribution in [-0.4, -0.2) is 13.9 Å². The van der Waals surface area contributed by atoms with Gasteiger partial charge in [-0.2, -0.15) is 0 Å². The summed E-state index contributed by atoms with van der Waals surface area (Å²) in [7, 11) is 1.59. The molecule has 0 saturated heterocycles. The molecular formula is C8H8BrO2. The van der Waals surface area contributed by atoms with Gasteiger partial charge in [-0.25, -0.2) is 0 Å². The summed E-state index contributed by atoms with van der Waals surface area (Å²) < 4.78 is 10.8. The van der Waals surface area contributed by atoms with Crippen LogP contribution in [0.15, 0.2) is 22.7 Å². The lowest BCUT2D eigenvalue weighted by Gasteiger charge is -2.04. The monoisotopic (exact) mass is 215 g/mol. The first-order valence-corrected chi connectivity index (χ1v) is 3.91. The first kappa shape index (κ1) is 8.56. The molecule has 0 fully saturated rings. The van der Waals surface area contributed by atoms with Crippen LogP contribution < -0.4 is 4.74 Å². The Morgan fingerprint density at radius 3 is 3.09 bits per heavy atom. The van der Waals surface area contributed by atoms with Crippen molar-refractivity contribution in [3.05, 3.63) is 28.7 Å². The summed E-state index contributed by atoms with van der Waals surface area (Å²) in [6, 6.07) is 8.32. The van der Waals surface area contributed by atoms with Crippen molar-refractivity contribution >= 4 is 15.9 Å². The molecule has 0 aromatic heterocycles. The zero-order valence-electron chi connectivity index (χ0n) is 6.13. The van der Waals surface area contributed by atoms with Crippen molar-refractivity contribution in [2.45, 2.75) is 0 Å². The molecule has 59 valence electrons. The molecule has 1 radical (unpaired) electrons. The second-order valence-electron chi connectivity index (χ2n) is 1.91. The van der Waals surface area contributed by atoms with E-state index in [2.05, 4.69) is 22.0 Å². The van der Waals surface area contributed by atoms with Crippen molar-refractivity contribution in [2.75, 3.05) is 13.9 Å². The number of halogens is 1. The third-order valence-corrected chi connectivity index (χ3v) is 1.73. The Bertz CT molecular complexity index is 225. The molecule has 0 aliphatic carbocycles. The van der Waals surface area contributed by atoms with Crippen molar-refractivity contribution in [2.24, 2.45) is 0 Å². The van der Waals surface area contributed by atoms with Gasteiger partial charge in [-0.15, -0.1) is 0 Å². The van der Waals surface area contributed by atoms with Gasteiger partial charge in [-0.05, 0) is 34.1 Å². The minimum atomic E-state index is 0.266. The average molecular weight is 216 g/mol. The summed E-state index contributed by atoms with van der Waals surface area (Å²) in [6.07, 6.45) is 0. The van der Waals surface area contributed by atoms with E-state index in [1.807, 2.05) is 6.07 Å². The topological polar surface area (TPSA) is 18.5 Å². The standard InChI is InChI=1S/C8H8BrO2/c1-10-6-11-8-5-3-2-4-7(8)9/h3-5H,6H2,1H3. The van der Waals surface area contributed by atoms with Crippen LogP contribution in [0.3, 0.4) is 0 Å². The van der Waals surface area contributed by atoms with E-state index in [1.165, 1.54) is 0 Å². The van der Waals surface area contributed by atoms with Gasteiger partial charge in [0, 0.05) is 7.11 Å². The zero-order chi connectivity index (χ0) is 8.10. The summed E-state index contributed by atoms with van der Waals surface area (Å²) in [5.74, 6) is 0.769. The predicted octanol–water partition coefficient (Wildman–Crippen LogP) is 2.23. The molecule has 0 bridgehead atoms. The van der Waals surface area contributed by atoms with Gasteiger partial charge in [0.2, 0.25) is 0 Å². The summed E-state index contributed by atoms with van der Waals surface area (Å²) in [5, 5.41) is 0. The Morgan fingerprint density at radius 1 is 1.64 bits per heavy atom. The van der Waals surface area contributed by atoms with E-state index in [0.29, 0.717) is 0 Å². The number of hydrogen-bond donors (Lipinski definition) is 0. The van der Waals surface area contributed by atoms with Gasteiger partial charge in [-0.3, -0.25) is 0 Å². The highest BCUT2D eigenvalue weighted by molar-refractivity contribution is 9.10. The Balaban J connectivity index is 2.62. The van der Waals surface area contributed by atoms with Crippen LogP contribution in [0.4, 0.5) is 0 Å². The predicted molar refractivity (Wildman–Crippen MR) is 45.5 cm³/mol. The first-order valence-electron chi connectivity index (χ1n) is 3.12. The summed E-state index contributed by atoms with van der Waals surface area (Å²) in [4.78, 5) is 0. The molecule has 0 N–H and O–H groups in total. The molecule has 1 aromatic carbocycles. The molecule has 0 amide bonds. The Labute approximate surface area is 74.3 Å². The fourth-order valence-corrected chi connectivity index (χ4v) is 1.01. The van der Waals surface area contributed by atoms with Crippen LogP contribution in [0.2, 0.25) is 0 Å². The lowest BCUT2D eigenvalue weighted by molar-refractivity contribution is 0.0506. The number of rotatable bonds is 3. The summed E-state index contributed by atoms with van der Waals surface area (Å²) in [5.41, 5.74) is 0. The molecule has 2 nitrogen and oxygen atoms in total. The van der Waals surface area contributed by atoms with Gasteiger partial charge in [0.15, 0.2) is 6.79 Å². The van der Waals surface area contributed by atoms with Crippen LogP contribution in [0, 0.1) is 6.07 Å². The van der Waals surface area contributed by atoms with Crippen LogP contribution in [-0.2, 0) is 4.74 Å². The molecule has 0 aliphatic heterocycles. The fourth-order valence-electron chi connectivity index (χ4n) is 0.635. The maximum atomic E-state index is 5.20. The second-order valence-corrected chi connectivity index (χ2v) is 2.76. The summed E-state index contributed by atoms with van der Waals surface area (Å²) >= 11 is 3.31. The average Bonchev–Trinajstić information content (AvgIpc) is 2.03. The van der Waals surface area contributed by atoms with Crippen LogP contribution >= 0.6 is 15.9 Å². The van der Waals surface area contributed by atoms with Crippen molar-refractivity contribution in [1.82, 2.24) is 0 Å². The number of ether oxygens (including phenoxy) is 2. The van der Waals surface area contributed by atoms with Gasteiger partial charge in [0.25, 0.3) is 0 Å². The van der Waals surface area contributed by atoms with E-state index in [4.69, 9.17) is 9.47 Å². The lowest BCUT2D eigenvalue weighted by atomic mass is 10.3. The van der Waals surface area contributed by atoms with Crippen molar-refractivity contribution in [1.29, 1.82) is 0 Å².